The zero-order chi connectivity index (χ0) is 23.8. The van der Waals surface area contributed by atoms with E-state index < -0.39 is 17.7 Å². The van der Waals surface area contributed by atoms with Gasteiger partial charge in [0, 0.05) is 34.7 Å². The Morgan fingerprint density at radius 1 is 0.882 bits per heavy atom. The number of carbonyl (C=O) groups excluding carboxylic acids is 1. The normalized spacial score (nSPS) is 19.4. The number of ether oxygens (including phenoxy) is 2. The van der Waals surface area contributed by atoms with Crippen LogP contribution in [-0.4, -0.2) is 20.0 Å². The molecule has 2 aliphatic rings. The molecule has 3 aromatic carbocycles. The van der Waals surface area contributed by atoms with Crippen LogP contribution >= 0.6 is 0 Å². The monoisotopic (exact) mass is 462 g/mol. The van der Waals surface area contributed by atoms with Crippen molar-refractivity contribution in [1.82, 2.24) is 0 Å². The average Bonchev–Trinajstić information content (AvgIpc) is 3.01. The molecule has 0 aromatic heterocycles. The lowest BCUT2D eigenvalue weighted by molar-refractivity contribution is -0.116. The average molecular weight is 462 g/mol. The molecule has 2 N–H and O–H groups in total. The number of benzene rings is 3. The molecular formula is C27H24F2N2O3. The van der Waals surface area contributed by atoms with Crippen LogP contribution in [0.4, 0.5) is 20.2 Å². The third-order valence-corrected chi connectivity index (χ3v) is 6.45. The number of halogens is 2. The van der Waals surface area contributed by atoms with Crippen LogP contribution in [0.15, 0.2) is 71.9 Å². The van der Waals surface area contributed by atoms with E-state index in [-0.39, 0.29) is 23.7 Å². The number of carbonyl (C=O) groups is 1. The maximum absolute atomic E-state index is 14.9. The van der Waals surface area contributed by atoms with Crippen LogP contribution in [0, 0.1) is 11.6 Å². The topological polar surface area (TPSA) is 59.6 Å². The number of hydrogen-bond donors (Lipinski definition) is 2. The Kier molecular flexibility index (Phi) is 5.69. The molecule has 0 radical (unpaired) electrons. The van der Waals surface area contributed by atoms with Gasteiger partial charge in [0.25, 0.3) is 0 Å². The second kappa shape index (κ2) is 8.82. The number of methoxy groups -OCH3 is 2. The Bertz CT molecular complexity index is 1300. The molecule has 0 saturated carbocycles. The molecular weight excluding hydrogens is 438 g/mol. The van der Waals surface area contributed by atoms with E-state index in [0.29, 0.717) is 34.9 Å². The van der Waals surface area contributed by atoms with E-state index in [1.165, 1.54) is 0 Å². The van der Waals surface area contributed by atoms with Gasteiger partial charge in [-0.3, -0.25) is 4.79 Å². The summed E-state index contributed by atoms with van der Waals surface area (Å²) in [6, 6.07) is 15.5. The van der Waals surface area contributed by atoms with Gasteiger partial charge in [0.2, 0.25) is 0 Å². The zero-order valence-electron chi connectivity index (χ0n) is 18.8. The molecule has 34 heavy (non-hydrogen) atoms. The first-order valence-electron chi connectivity index (χ1n) is 11.0. The van der Waals surface area contributed by atoms with E-state index in [0.717, 1.165) is 29.4 Å². The van der Waals surface area contributed by atoms with E-state index in [2.05, 4.69) is 10.6 Å². The minimum Gasteiger partial charge on any atom is -0.497 e. The highest BCUT2D eigenvalue weighted by atomic mass is 19.1. The molecule has 5 nitrogen and oxygen atoms in total. The molecule has 3 aromatic rings. The third-order valence-electron chi connectivity index (χ3n) is 6.45. The maximum Gasteiger partial charge on any atom is 0.163 e. The lowest BCUT2D eigenvalue weighted by Crippen LogP contribution is -2.27. The molecule has 7 heteroatoms. The van der Waals surface area contributed by atoms with Crippen LogP contribution in [0.25, 0.3) is 0 Å². The van der Waals surface area contributed by atoms with Gasteiger partial charge in [-0.25, -0.2) is 8.78 Å². The zero-order valence-corrected chi connectivity index (χ0v) is 18.8. The number of hydrogen-bond acceptors (Lipinski definition) is 5. The van der Waals surface area contributed by atoms with Crippen molar-refractivity contribution >= 4 is 17.2 Å². The van der Waals surface area contributed by atoms with Gasteiger partial charge in [-0.2, -0.15) is 0 Å². The summed E-state index contributed by atoms with van der Waals surface area (Å²) in [5.41, 5.74) is 3.52. The molecule has 0 saturated heterocycles. The molecule has 1 aliphatic carbocycles. The van der Waals surface area contributed by atoms with Gasteiger partial charge in [-0.1, -0.05) is 12.1 Å². The van der Waals surface area contributed by atoms with E-state index in [1.54, 1.807) is 14.2 Å². The van der Waals surface area contributed by atoms with Gasteiger partial charge in [0.1, 0.15) is 23.1 Å². The first kappa shape index (κ1) is 21.9. The lowest BCUT2D eigenvalue weighted by atomic mass is 9.78. The van der Waals surface area contributed by atoms with Crippen molar-refractivity contribution < 1.29 is 23.0 Å². The van der Waals surface area contributed by atoms with Crippen molar-refractivity contribution in [3.05, 3.63) is 94.7 Å². The van der Waals surface area contributed by atoms with E-state index >= 15 is 0 Å². The summed E-state index contributed by atoms with van der Waals surface area (Å²) < 4.78 is 40.0. The number of rotatable bonds is 4. The van der Waals surface area contributed by atoms with Crippen LogP contribution in [0.5, 0.6) is 11.5 Å². The number of nitrogens with one attached hydrogen (secondary N) is 2. The van der Waals surface area contributed by atoms with Gasteiger partial charge < -0.3 is 20.1 Å². The molecule has 1 heterocycles. The second-order valence-corrected chi connectivity index (χ2v) is 8.44. The Morgan fingerprint density at radius 2 is 1.68 bits per heavy atom. The third kappa shape index (κ3) is 3.87. The predicted molar refractivity (Wildman–Crippen MR) is 126 cm³/mol. The summed E-state index contributed by atoms with van der Waals surface area (Å²) in [4.78, 5) is 13.6. The summed E-state index contributed by atoms with van der Waals surface area (Å²) in [6.45, 7) is 0. The fourth-order valence-electron chi connectivity index (χ4n) is 4.84. The standard InChI is InChI=1S/C27H24F2N2O3/c1-33-17-8-10-25(34-2)18(14-17)15-11-23-26(24(32)12-15)27(19-13-16(28)7-9-20(19)29)31-22-6-4-3-5-21(22)30-23/h3-10,13-15,27,30-31H,11-12H2,1-2H3/t15-,27+/m1/s1. The van der Waals surface area contributed by atoms with E-state index in [1.807, 2.05) is 42.5 Å². The SMILES string of the molecule is COc1ccc(OC)c([C@H]2CC(=O)C3=C(C2)Nc2ccccc2N[C@H]3c2cc(F)ccc2F)c1. The van der Waals surface area contributed by atoms with Gasteiger partial charge in [0.15, 0.2) is 5.78 Å². The van der Waals surface area contributed by atoms with Crippen molar-refractivity contribution in [2.75, 3.05) is 24.9 Å². The Labute approximate surface area is 196 Å². The maximum atomic E-state index is 14.9. The van der Waals surface area contributed by atoms with Crippen LogP contribution in [0.3, 0.4) is 0 Å². The molecule has 0 fully saturated rings. The smallest absolute Gasteiger partial charge is 0.163 e. The lowest BCUT2D eigenvalue weighted by Gasteiger charge is -2.30. The minimum absolute atomic E-state index is 0.0942. The number of fused-ring (bicyclic) bond motifs is 1. The van der Waals surface area contributed by atoms with Crippen molar-refractivity contribution in [2.24, 2.45) is 0 Å². The summed E-state index contributed by atoms with van der Waals surface area (Å²) in [5, 5.41) is 6.68. The second-order valence-electron chi connectivity index (χ2n) is 8.44. The molecule has 174 valence electrons. The van der Waals surface area contributed by atoms with E-state index in [4.69, 9.17) is 9.47 Å². The predicted octanol–water partition coefficient (Wildman–Crippen LogP) is 5.96. The van der Waals surface area contributed by atoms with Gasteiger partial charge in [0.05, 0.1) is 31.6 Å². The number of Topliss-reactive ketones (excluding diaryl/α,β-unsaturated/α-hetero) is 1. The molecule has 0 bridgehead atoms. The highest BCUT2D eigenvalue weighted by Crippen LogP contribution is 2.46. The molecule has 1 aliphatic heterocycles. The first-order valence-corrected chi connectivity index (χ1v) is 11.0. The van der Waals surface area contributed by atoms with Crippen LogP contribution in [-0.2, 0) is 4.79 Å². The minimum atomic E-state index is -0.831. The summed E-state index contributed by atoms with van der Waals surface area (Å²) in [7, 11) is 3.18. The molecule has 0 amide bonds. The van der Waals surface area contributed by atoms with Gasteiger partial charge in [-0.05, 0) is 55.0 Å². The number of anilines is 2. The van der Waals surface area contributed by atoms with Gasteiger partial charge >= 0.3 is 0 Å². The van der Waals surface area contributed by atoms with Crippen LogP contribution < -0.4 is 20.1 Å². The molecule has 5 rings (SSSR count). The highest BCUT2D eigenvalue weighted by molar-refractivity contribution is 6.01. The van der Waals surface area contributed by atoms with Crippen LogP contribution in [0.2, 0.25) is 0 Å². The highest BCUT2D eigenvalue weighted by Gasteiger charge is 2.38. The largest absolute Gasteiger partial charge is 0.497 e. The fraction of sp³-hybridized carbons (Fsp3) is 0.222. The van der Waals surface area contributed by atoms with Crippen molar-refractivity contribution in [3.63, 3.8) is 0 Å². The Morgan fingerprint density at radius 3 is 2.44 bits per heavy atom. The van der Waals surface area contributed by atoms with Crippen LogP contribution in [0.1, 0.15) is 35.9 Å². The van der Waals surface area contributed by atoms with Crippen molar-refractivity contribution in [3.8, 4) is 11.5 Å². The molecule has 0 spiro atoms. The Hall–Kier alpha value is -3.87. The fourth-order valence-corrected chi connectivity index (χ4v) is 4.84. The van der Waals surface area contributed by atoms with E-state index in [9.17, 15) is 13.6 Å². The summed E-state index contributed by atoms with van der Waals surface area (Å²) >= 11 is 0. The molecule has 0 unspecified atom stereocenters. The first-order chi connectivity index (χ1) is 16.5. The number of para-hydroxylation sites is 2. The number of ketones is 1. The summed E-state index contributed by atoms with van der Waals surface area (Å²) in [6.07, 6.45) is 0.698. The van der Waals surface area contributed by atoms with Crippen molar-refractivity contribution in [1.29, 1.82) is 0 Å². The van der Waals surface area contributed by atoms with Gasteiger partial charge in [-0.15, -0.1) is 0 Å². The Balaban J connectivity index is 1.64. The van der Waals surface area contributed by atoms with Crippen molar-refractivity contribution in [2.45, 2.75) is 24.8 Å². The number of allylic oxidation sites excluding steroid dienone is 1. The molecule has 2 atom stereocenters. The summed E-state index contributed by atoms with van der Waals surface area (Å²) in [5.74, 6) is -0.113. The quantitative estimate of drug-likeness (QED) is 0.501.